The van der Waals surface area contributed by atoms with Crippen molar-refractivity contribution >= 4 is 23.0 Å². The van der Waals surface area contributed by atoms with Crippen molar-refractivity contribution in [2.24, 2.45) is 0 Å². The van der Waals surface area contributed by atoms with Gasteiger partial charge in [-0.05, 0) is 37.2 Å². The van der Waals surface area contributed by atoms with Crippen molar-refractivity contribution in [2.45, 2.75) is 31.7 Å². The highest BCUT2D eigenvalue weighted by Gasteiger charge is 2.24. The number of hydrogen-bond acceptors (Lipinski definition) is 3. The molecular formula is C17H24N2O2S. The minimum atomic E-state index is 0.502. The van der Waals surface area contributed by atoms with Gasteiger partial charge in [-0.1, -0.05) is 18.9 Å². The van der Waals surface area contributed by atoms with Crippen LogP contribution in [0.5, 0.6) is 11.5 Å². The molecule has 22 heavy (non-hydrogen) atoms. The molecule has 0 amide bonds. The van der Waals surface area contributed by atoms with Crippen LogP contribution in [0.4, 0.5) is 5.69 Å². The first-order valence-electron chi connectivity index (χ1n) is 7.60. The number of methoxy groups -OCH3 is 2. The Bertz CT molecular complexity index is 527. The predicted octanol–water partition coefficient (Wildman–Crippen LogP) is 3.83. The summed E-state index contributed by atoms with van der Waals surface area (Å²) in [4.78, 5) is 2.22. The summed E-state index contributed by atoms with van der Waals surface area (Å²) in [6.45, 7) is 4.61. The standard InChI is InChI=1S/C17H24N2O2S/c1-4-11-19(13-7-5-6-8-13)17(22)18-15-10-9-14(20-2)12-16(15)21-3/h4,9-10,12-13H,1,5-8,11H2,2-3H3,(H,18,22). The molecule has 0 bridgehead atoms. The van der Waals surface area contributed by atoms with Crippen LogP contribution in [0.3, 0.4) is 0 Å². The van der Waals surface area contributed by atoms with Gasteiger partial charge in [0.25, 0.3) is 0 Å². The van der Waals surface area contributed by atoms with Crippen LogP contribution in [0, 0.1) is 0 Å². The smallest absolute Gasteiger partial charge is 0.174 e. The van der Waals surface area contributed by atoms with Crippen molar-refractivity contribution in [1.29, 1.82) is 0 Å². The molecule has 5 heteroatoms. The second kappa shape index (κ2) is 8.03. The van der Waals surface area contributed by atoms with E-state index in [9.17, 15) is 0 Å². The van der Waals surface area contributed by atoms with E-state index in [1.54, 1.807) is 14.2 Å². The second-order valence-electron chi connectivity index (χ2n) is 5.38. The van der Waals surface area contributed by atoms with E-state index in [1.807, 2.05) is 24.3 Å². The number of nitrogens with one attached hydrogen (secondary N) is 1. The average molecular weight is 320 g/mol. The number of ether oxygens (including phenoxy) is 2. The third kappa shape index (κ3) is 3.91. The highest BCUT2D eigenvalue weighted by Crippen LogP contribution is 2.30. The lowest BCUT2D eigenvalue weighted by Crippen LogP contribution is -2.41. The van der Waals surface area contributed by atoms with Crippen LogP contribution in [0.15, 0.2) is 30.9 Å². The molecule has 0 spiro atoms. The normalized spacial score (nSPS) is 14.5. The van der Waals surface area contributed by atoms with Crippen LogP contribution in [-0.2, 0) is 0 Å². The van der Waals surface area contributed by atoms with Gasteiger partial charge in [0, 0.05) is 18.7 Å². The van der Waals surface area contributed by atoms with Gasteiger partial charge in [-0.25, -0.2) is 0 Å². The van der Waals surface area contributed by atoms with Gasteiger partial charge < -0.3 is 19.7 Å². The number of rotatable bonds is 6. The third-order valence-electron chi connectivity index (χ3n) is 4.00. The summed E-state index contributed by atoms with van der Waals surface area (Å²) < 4.78 is 10.6. The molecule has 1 aliphatic carbocycles. The Labute approximate surface area is 138 Å². The van der Waals surface area contributed by atoms with Crippen molar-refractivity contribution in [3.63, 3.8) is 0 Å². The first-order chi connectivity index (χ1) is 10.7. The molecule has 0 radical (unpaired) electrons. The van der Waals surface area contributed by atoms with E-state index in [0.29, 0.717) is 11.8 Å². The number of anilines is 1. The van der Waals surface area contributed by atoms with Crippen LogP contribution in [-0.4, -0.2) is 36.8 Å². The van der Waals surface area contributed by atoms with Gasteiger partial charge in [0.05, 0.1) is 19.9 Å². The Morgan fingerprint density at radius 1 is 1.36 bits per heavy atom. The Balaban J connectivity index is 2.13. The topological polar surface area (TPSA) is 33.7 Å². The Kier molecular flexibility index (Phi) is 6.07. The second-order valence-corrected chi connectivity index (χ2v) is 5.76. The zero-order chi connectivity index (χ0) is 15.9. The SMILES string of the molecule is C=CCN(C(=S)Nc1ccc(OC)cc1OC)C1CCCC1. The van der Waals surface area contributed by atoms with Crippen LogP contribution >= 0.6 is 12.2 Å². The largest absolute Gasteiger partial charge is 0.497 e. The number of nitrogens with zero attached hydrogens (tertiary/aromatic N) is 1. The summed E-state index contributed by atoms with van der Waals surface area (Å²) in [6.07, 6.45) is 6.82. The maximum absolute atomic E-state index is 5.61. The number of benzene rings is 1. The van der Waals surface area contributed by atoms with Gasteiger partial charge in [0.1, 0.15) is 11.5 Å². The van der Waals surface area contributed by atoms with E-state index in [4.69, 9.17) is 21.7 Å². The third-order valence-corrected chi connectivity index (χ3v) is 4.34. The van der Waals surface area contributed by atoms with E-state index in [0.717, 1.165) is 23.1 Å². The van der Waals surface area contributed by atoms with Gasteiger partial charge in [0.2, 0.25) is 0 Å². The fourth-order valence-electron chi connectivity index (χ4n) is 2.84. The van der Waals surface area contributed by atoms with E-state index in [-0.39, 0.29) is 0 Å². The van der Waals surface area contributed by atoms with Gasteiger partial charge in [-0.2, -0.15) is 0 Å². The summed E-state index contributed by atoms with van der Waals surface area (Å²) in [5.74, 6) is 1.47. The predicted molar refractivity (Wildman–Crippen MR) is 94.9 cm³/mol. The van der Waals surface area contributed by atoms with Crippen LogP contribution < -0.4 is 14.8 Å². The molecule has 1 saturated carbocycles. The van der Waals surface area contributed by atoms with Crippen molar-refractivity contribution in [3.05, 3.63) is 30.9 Å². The highest BCUT2D eigenvalue weighted by atomic mass is 32.1. The first kappa shape index (κ1) is 16.6. The lowest BCUT2D eigenvalue weighted by Gasteiger charge is -2.31. The summed E-state index contributed by atoms with van der Waals surface area (Å²) in [5, 5.41) is 4.02. The quantitative estimate of drug-likeness (QED) is 0.636. The Morgan fingerprint density at radius 3 is 2.68 bits per heavy atom. The lowest BCUT2D eigenvalue weighted by atomic mass is 10.2. The Morgan fingerprint density at radius 2 is 2.09 bits per heavy atom. The molecule has 1 N–H and O–H groups in total. The van der Waals surface area contributed by atoms with E-state index in [2.05, 4.69) is 16.8 Å². The van der Waals surface area contributed by atoms with Crippen LogP contribution in [0.25, 0.3) is 0 Å². The van der Waals surface area contributed by atoms with Gasteiger partial charge in [-0.3, -0.25) is 0 Å². The Hall–Kier alpha value is -1.75. The van der Waals surface area contributed by atoms with Crippen molar-refractivity contribution in [1.82, 2.24) is 4.90 Å². The molecule has 0 atom stereocenters. The molecule has 0 aliphatic heterocycles. The molecule has 2 rings (SSSR count). The zero-order valence-electron chi connectivity index (χ0n) is 13.3. The molecule has 120 valence electrons. The summed E-state index contributed by atoms with van der Waals surface area (Å²) >= 11 is 5.61. The molecule has 0 unspecified atom stereocenters. The maximum Gasteiger partial charge on any atom is 0.174 e. The summed E-state index contributed by atoms with van der Waals surface area (Å²) in [7, 11) is 3.28. The fourth-order valence-corrected chi connectivity index (χ4v) is 3.18. The minimum absolute atomic E-state index is 0.502. The number of hydrogen-bond donors (Lipinski definition) is 1. The molecule has 0 aromatic heterocycles. The summed E-state index contributed by atoms with van der Waals surface area (Å²) in [5.41, 5.74) is 0.848. The van der Waals surface area contributed by atoms with E-state index < -0.39 is 0 Å². The van der Waals surface area contributed by atoms with Gasteiger partial charge >= 0.3 is 0 Å². The molecule has 0 saturated heterocycles. The van der Waals surface area contributed by atoms with Gasteiger partial charge in [-0.15, -0.1) is 6.58 Å². The average Bonchev–Trinajstić information content (AvgIpc) is 3.06. The number of thiocarbonyl (C=S) groups is 1. The van der Waals surface area contributed by atoms with Crippen molar-refractivity contribution in [3.8, 4) is 11.5 Å². The first-order valence-corrected chi connectivity index (χ1v) is 8.01. The van der Waals surface area contributed by atoms with E-state index in [1.165, 1.54) is 25.7 Å². The van der Waals surface area contributed by atoms with E-state index >= 15 is 0 Å². The molecule has 1 aromatic rings. The molecule has 0 heterocycles. The molecule has 4 nitrogen and oxygen atoms in total. The van der Waals surface area contributed by atoms with Crippen molar-refractivity contribution in [2.75, 3.05) is 26.1 Å². The fraction of sp³-hybridized carbons (Fsp3) is 0.471. The monoisotopic (exact) mass is 320 g/mol. The molecule has 1 aromatic carbocycles. The van der Waals surface area contributed by atoms with Crippen LogP contribution in [0.1, 0.15) is 25.7 Å². The molecule has 1 fully saturated rings. The lowest BCUT2D eigenvalue weighted by molar-refractivity contribution is 0.347. The molecule has 1 aliphatic rings. The zero-order valence-corrected chi connectivity index (χ0v) is 14.1. The van der Waals surface area contributed by atoms with Crippen molar-refractivity contribution < 1.29 is 9.47 Å². The summed E-state index contributed by atoms with van der Waals surface area (Å²) in [6, 6.07) is 6.16. The molecular weight excluding hydrogens is 296 g/mol. The maximum atomic E-state index is 5.61. The highest BCUT2D eigenvalue weighted by molar-refractivity contribution is 7.80. The van der Waals surface area contributed by atoms with Crippen LogP contribution in [0.2, 0.25) is 0 Å². The minimum Gasteiger partial charge on any atom is -0.497 e. The van der Waals surface area contributed by atoms with Gasteiger partial charge in [0.15, 0.2) is 5.11 Å².